The van der Waals surface area contributed by atoms with Crippen LogP contribution in [0.5, 0.6) is 0 Å². The molecule has 0 aliphatic rings. The Kier molecular flexibility index (Phi) is 1.79. The normalized spacial score (nSPS) is 10.8. The van der Waals surface area contributed by atoms with Gasteiger partial charge in [-0.1, -0.05) is 0 Å². The maximum Gasteiger partial charge on any atom is 0.158 e. The minimum Gasteiger partial charge on any atom is -0.384 e. The number of nitrogens with two attached hydrogens (primary N) is 1. The average molecular weight is 212 g/mol. The van der Waals surface area contributed by atoms with E-state index in [1.807, 2.05) is 6.07 Å². The van der Waals surface area contributed by atoms with Gasteiger partial charge in [-0.25, -0.2) is 9.50 Å². The van der Waals surface area contributed by atoms with E-state index in [1.54, 1.807) is 35.4 Å². The molecular formula is C10H8N6. The third-order valence-corrected chi connectivity index (χ3v) is 2.17. The Morgan fingerprint density at radius 3 is 2.94 bits per heavy atom. The van der Waals surface area contributed by atoms with Crippen molar-refractivity contribution in [3.8, 4) is 11.4 Å². The topological polar surface area (TPSA) is 82.0 Å². The zero-order chi connectivity index (χ0) is 11.0. The third kappa shape index (κ3) is 1.36. The molecule has 16 heavy (non-hydrogen) atoms. The average Bonchev–Trinajstić information content (AvgIpc) is 2.73. The van der Waals surface area contributed by atoms with Crippen LogP contribution >= 0.6 is 0 Å². The van der Waals surface area contributed by atoms with E-state index in [2.05, 4.69) is 20.1 Å². The highest BCUT2D eigenvalue weighted by Gasteiger charge is 2.06. The zero-order valence-electron chi connectivity index (χ0n) is 8.28. The predicted octanol–water partition coefficient (Wildman–Crippen LogP) is 0.768. The van der Waals surface area contributed by atoms with Gasteiger partial charge in [-0.15, -0.1) is 0 Å². The first-order valence-corrected chi connectivity index (χ1v) is 4.71. The fourth-order valence-corrected chi connectivity index (χ4v) is 1.45. The zero-order valence-corrected chi connectivity index (χ0v) is 8.28. The molecule has 3 rings (SSSR count). The van der Waals surface area contributed by atoms with E-state index in [-0.39, 0.29) is 0 Å². The maximum atomic E-state index is 5.59. The molecule has 3 aromatic heterocycles. The van der Waals surface area contributed by atoms with Crippen molar-refractivity contribution in [2.24, 2.45) is 0 Å². The van der Waals surface area contributed by atoms with Crippen LogP contribution < -0.4 is 5.73 Å². The quantitative estimate of drug-likeness (QED) is 0.644. The van der Waals surface area contributed by atoms with Gasteiger partial charge in [0.1, 0.15) is 17.2 Å². The van der Waals surface area contributed by atoms with Gasteiger partial charge in [0.2, 0.25) is 0 Å². The first-order chi connectivity index (χ1) is 7.83. The minimum absolute atomic E-state index is 0.470. The number of rotatable bonds is 1. The number of aromatic nitrogens is 5. The van der Waals surface area contributed by atoms with Gasteiger partial charge in [0, 0.05) is 24.7 Å². The monoisotopic (exact) mass is 212 g/mol. The molecule has 78 valence electrons. The Morgan fingerprint density at radius 1 is 1.19 bits per heavy atom. The molecule has 0 bridgehead atoms. The first-order valence-electron chi connectivity index (χ1n) is 4.71. The van der Waals surface area contributed by atoms with Crippen LogP contribution in [-0.4, -0.2) is 24.6 Å². The Hall–Kier alpha value is -2.50. The summed E-state index contributed by atoms with van der Waals surface area (Å²) < 4.78 is 1.65. The molecule has 2 N–H and O–H groups in total. The number of nitrogens with zero attached hydrogens (tertiary/aromatic N) is 5. The van der Waals surface area contributed by atoms with Crippen molar-refractivity contribution in [3.63, 3.8) is 0 Å². The molecule has 0 aromatic carbocycles. The summed E-state index contributed by atoms with van der Waals surface area (Å²) in [7, 11) is 0. The third-order valence-electron chi connectivity index (χ3n) is 2.17. The summed E-state index contributed by atoms with van der Waals surface area (Å²) in [5.41, 5.74) is 7.73. The van der Waals surface area contributed by atoms with E-state index < -0.39 is 0 Å². The molecule has 0 fully saturated rings. The van der Waals surface area contributed by atoms with Crippen molar-refractivity contribution in [2.45, 2.75) is 0 Å². The molecule has 0 radical (unpaired) electrons. The van der Waals surface area contributed by atoms with E-state index in [0.29, 0.717) is 17.2 Å². The predicted molar refractivity (Wildman–Crippen MR) is 58.4 cm³/mol. The van der Waals surface area contributed by atoms with Crippen molar-refractivity contribution in [2.75, 3.05) is 5.73 Å². The van der Waals surface area contributed by atoms with Gasteiger partial charge in [-0.2, -0.15) is 5.10 Å². The van der Waals surface area contributed by atoms with Crippen LogP contribution in [-0.2, 0) is 0 Å². The summed E-state index contributed by atoms with van der Waals surface area (Å²) >= 11 is 0. The Labute approximate surface area is 90.8 Å². The fourth-order valence-electron chi connectivity index (χ4n) is 1.45. The van der Waals surface area contributed by atoms with Gasteiger partial charge < -0.3 is 5.73 Å². The fraction of sp³-hybridized carbons (Fsp3) is 0. The standard InChI is InChI=1S/C10H8N6/c11-9-1-4-16-10(14-9)5-7(15-16)8-6-12-2-3-13-8/h1-6H,(H2,11,14). The van der Waals surface area contributed by atoms with Crippen molar-refractivity contribution >= 4 is 11.5 Å². The summed E-state index contributed by atoms with van der Waals surface area (Å²) in [6, 6.07) is 3.51. The van der Waals surface area contributed by atoms with Crippen LogP contribution in [0.25, 0.3) is 17.0 Å². The van der Waals surface area contributed by atoms with Crippen molar-refractivity contribution < 1.29 is 0 Å². The minimum atomic E-state index is 0.470. The van der Waals surface area contributed by atoms with Gasteiger partial charge in [0.15, 0.2) is 5.65 Å². The number of hydrogen-bond acceptors (Lipinski definition) is 5. The molecule has 6 nitrogen and oxygen atoms in total. The van der Waals surface area contributed by atoms with Gasteiger partial charge in [0.25, 0.3) is 0 Å². The summed E-state index contributed by atoms with van der Waals surface area (Å²) in [6.07, 6.45) is 6.67. The van der Waals surface area contributed by atoms with E-state index in [4.69, 9.17) is 5.73 Å². The van der Waals surface area contributed by atoms with Crippen LogP contribution in [0.4, 0.5) is 5.82 Å². The smallest absolute Gasteiger partial charge is 0.158 e. The number of hydrogen-bond donors (Lipinski definition) is 1. The van der Waals surface area contributed by atoms with E-state index in [9.17, 15) is 0 Å². The lowest BCUT2D eigenvalue weighted by molar-refractivity contribution is 0.941. The van der Waals surface area contributed by atoms with Gasteiger partial charge in [0.05, 0.1) is 6.20 Å². The summed E-state index contributed by atoms with van der Waals surface area (Å²) in [4.78, 5) is 12.3. The first kappa shape index (κ1) is 8.78. The van der Waals surface area contributed by atoms with Gasteiger partial charge in [-0.05, 0) is 6.07 Å². The SMILES string of the molecule is Nc1ccn2nc(-c3cnccn3)cc2n1. The summed E-state index contributed by atoms with van der Waals surface area (Å²) in [6.45, 7) is 0. The van der Waals surface area contributed by atoms with E-state index >= 15 is 0 Å². The number of nitrogen functional groups attached to an aromatic ring is 1. The lowest BCUT2D eigenvalue weighted by Crippen LogP contribution is -1.94. The second-order valence-corrected chi connectivity index (χ2v) is 3.28. The Morgan fingerprint density at radius 2 is 2.12 bits per heavy atom. The number of fused-ring (bicyclic) bond motifs is 1. The second-order valence-electron chi connectivity index (χ2n) is 3.28. The molecule has 0 amide bonds. The highest BCUT2D eigenvalue weighted by molar-refractivity contribution is 5.60. The van der Waals surface area contributed by atoms with Crippen LogP contribution in [0.3, 0.4) is 0 Å². The van der Waals surface area contributed by atoms with Crippen molar-refractivity contribution in [1.29, 1.82) is 0 Å². The van der Waals surface area contributed by atoms with Gasteiger partial charge in [-0.3, -0.25) is 9.97 Å². The largest absolute Gasteiger partial charge is 0.384 e. The molecule has 0 aliphatic carbocycles. The molecule has 0 atom stereocenters. The summed E-state index contributed by atoms with van der Waals surface area (Å²) in [5.74, 6) is 0.470. The van der Waals surface area contributed by atoms with Crippen molar-refractivity contribution in [3.05, 3.63) is 36.9 Å². The molecule has 0 aliphatic heterocycles. The summed E-state index contributed by atoms with van der Waals surface area (Å²) in [5, 5.41) is 4.32. The van der Waals surface area contributed by atoms with Crippen molar-refractivity contribution in [1.82, 2.24) is 24.6 Å². The maximum absolute atomic E-state index is 5.59. The molecular weight excluding hydrogens is 204 g/mol. The number of anilines is 1. The highest BCUT2D eigenvalue weighted by Crippen LogP contribution is 2.15. The Bertz CT molecular complexity index is 630. The molecule has 0 saturated heterocycles. The van der Waals surface area contributed by atoms with E-state index in [1.165, 1.54) is 0 Å². The van der Waals surface area contributed by atoms with E-state index in [0.717, 1.165) is 5.69 Å². The molecule has 6 heteroatoms. The van der Waals surface area contributed by atoms with Crippen LogP contribution in [0.2, 0.25) is 0 Å². The lowest BCUT2D eigenvalue weighted by Gasteiger charge is -1.92. The van der Waals surface area contributed by atoms with Crippen LogP contribution in [0.1, 0.15) is 0 Å². The van der Waals surface area contributed by atoms with Gasteiger partial charge >= 0.3 is 0 Å². The second kappa shape index (κ2) is 3.27. The molecule has 3 heterocycles. The molecule has 0 unspecified atom stereocenters. The van der Waals surface area contributed by atoms with Crippen LogP contribution in [0.15, 0.2) is 36.9 Å². The molecule has 3 aromatic rings. The Balaban J connectivity index is 2.19. The highest BCUT2D eigenvalue weighted by atomic mass is 15.3. The molecule has 0 spiro atoms. The lowest BCUT2D eigenvalue weighted by atomic mass is 10.3. The molecule has 0 saturated carbocycles. The van der Waals surface area contributed by atoms with Crippen LogP contribution in [0, 0.1) is 0 Å².